The second-order valence-electron chi connectivity index (χ2n) is 5.30. The quantitative estimate of drug-likeness (QED) is 0.871. The maximum absolute atomic E-state index is 4.20. The van der Waals surface area contributed by atoms with E-state index in [1.54, 1.807) is 0 Å². The molecule has 1 aliphatic rings. The summed E-state index contributed by atoms with van der Waals surface area (Å²) in [6, 6.07) is 2.64. The molecule has 1 saturated heterocycles. The fraction of sp³-hybridized carbons (Fsp3) is 0.750. The van der Waals surface area contributed by atoms with Crippen LogP contribution >= 0.6 is 11.8 Å². The Labute approximate surface area is 102 Å². The lowest BCUT2D eigenvalue weighted by atomic mass is 9.88. The van der Waals surface area contributed by atoms with Gasteiger partial charge < -0.3 is 5.32 Å². The number of nitrogens with one attached hydrogen (secondary N) is 1. The molecule has 2 rings (SSSR count). The van der Waals surface area contributed by atoms with Gasteiger partial charge in [-0.1, -0.05) is 13.8 Å². The van der Waals surface area contributed by atoms with Crippen molar-refractivity contribution < 1.29 is 0 Å². The van der Waals surface area contributed by atoms with E-state index in [1.165, 1.54) is 17.9 Å². The molecule has 3 nitrogen and oxygen atoms in total. The zero-order valence-electron chi connectivity index (χ0n) is 10.1. The lowest BCUT2D eigenvalue weighted by molar-refractivity contribution is 0.315. The fourth-order valence-electron chi connectivity index (χ4n) is 2.21. The van der Waals surface area contributed by atoms with E-state index in [0.29, 0.717) is 11.5 Å². The van der Waals surface area contributed by atoms with E-state index < -0.39 is 0 Å². The highest BCUT2D eigenvalue weighted by molar-refractivity contribution is 7.99. The summed E-state index contributed by atoms with van der Waals surface area (Å²) in [5, 5.41) is 7.83. The SMILES string of the molecule is CC1(C)CSCC(NCCn2cccn2)C1. The maximum Gasteiger partial charge on any atom is 0.0534 e. The molecule has 0 radical (unpaired) electrons. The van der Waals surface area contributed by atoms with Crippen LogP contribution in [0.2, 0.25) is 0 Å². The summed E-state index contributed by atoms with van der Waals surface area (Å²) >= 11 is 2.07. The van der Waals surface area contributed by atoms with Crippen LogP contribution in [-0.2, 0) is 6.54 Å². The van der Waals surface area contributed by atoms with Gasteiger partial charge in [-0.3, -0.25) is 4.68 Å². The zero-order valence-corrected chi connectivity index (χ0v) is 11.0. The van der Waals surface area contributed by atoms with Gasteiger partial charge in [0.1, 0.15) is 0 Å². The Hall–Kier alpha value is -0.480. The first-order valence-corrected chi connectivity index (χ1v) is 7.10. The Kier molecular flexibility index (Phi) is 3.92. The average molecular weight is 239 g/mol. The molecule has 1 atom stereocenters. The van der Waals surface area contributed by atoms with Gasteiger partial charge in [-0.15, -0.1) is 0 Å². The molecule has 0 saturated carbocycles. The number of aromatic nitrogens is 2. The first-order valence-electron chi connectivity index (χ1n) is 5.94. The van der Waals surface area contributed by atoms with E-state index in [1.807, 2.05) is 23.1 Å². The van der Waals surface area contributed by atoms with Crippen LogP contribution in [0.4, 0.5) is 0 Å². The predicted molar refractivity (Wildman–Crippen MR) is 69.7 cm³/mol. The smallest absolute Gasteiger partial charge is 0.0534 e. The minimum atomic E-state index is 0.492. The van der Waals surface area contributed by atoms with E-state index >= 15 is 0 Å². The number of rotatable bonds is 4. The van der Waals surface area contributed by atoms with Crippen LogP contribution < -0.4 is 5.32 Å². The van der Waals surface area contributed by atoms with Crippen LogP contribution in [0.1, 0.15) is 20.3 Å². The third-order valence-corrected chi connectivity index (χ3v) is 4.57. The average Bonchev–Trinajstić information content (AvgIpc) is 2.69. The van der Waals surface area contributed by atoms with E-state index in [9.17, 15) is 0 Å². The molecule has 0 bridgehead atoms. The van der Waals surface area contributed by atoms with Gasteiger partial charge in [0.05, 0.1) is 6.54 Å². The molecule has 90 valence electrons. The highest BCUT2D eigenvalue weighted by Crippen LogP contribution is 2.33. The van der Waals surface area contributed by atoms with Crippen molar-refractivity contribution in [1.29, 1.82) is 0 Å². The molecule has 1 aromatic heterocycles. The molecule has 16 heavy (non-hydrogen) atoms. The molecule has 1 unspecified atom stereocenters. The van der Waals surface area contributed by atoms with Gasteiger partial charge in [0.15, 0.2) is 0 Å². The molecule has 0 amide bonds. The zero-order chi connectivity index (χ0) is 11.4. The third kappa shape index (κ3) is 3.52. The van der Waals surface area contributed by atoms with E-state index in [0.717, 1.165) is 13.1 Å². The summed E-state index contributed by atoms with van der Waals surface area (Å²) in [5.74, 6) is 2.55. The van der Waals surface area contributed by atoms with E-state index in [2.05, 4.69) is 36.0 Å². The first-order chi connectivity index (χ1) is 7.66. The van der Waals surface area contributed by atoms with Crippen molar-refractivity contribution in [1.82, 2.24) is 15.1 Å². The monoisotopic (exact) mass is 239 g/mol. The minimum Gasteiger partial charge on any atom is -0.311 e. The third-order valence-electron chi connectivity index (χ3n) is 2.94. The van der Waals surface area contributed by atoms with Gasteiger partial charge >= 0.3 is 0 Å². The molecule has 1 aliphatic heterocycles. The second kappa shape index (κ2) is 5.23. The summed E-state index contributed by atoms with van der Waals surface area (Å²) in [6.45, 7) is 6.71. The van der Waals surface area contributed by atoms with E-state index in [-0.39, 0.29) is 0 Å². The molecule has 4 heteroatoms. The van der Waals surface area contributed by atoms with Crippen LogP contribution in [-0.4, -0.2) is 33.9 Å². The number of hydrogen-bond acceptors (Lipinski definition) is 3. The van der Waals surface area contributed by atoms with Gasteiger partial charge in [0, 0.05) is 30.7 Å². The summed E-state index contributed by atoms with van der Waals surface area (Å²) in [6.07, 6.45) is 5.14. The van der Waals surface area contributed by atoms with Crippen molar-refractivity contribution in [3.8, 4) is 0 Å². The minimum absolute atomic E-state index is 0.492. The van der Waals surface area contributed by atoms with Crippen LogP contribution in [0.25, 0.3) is 0 Å². The molecule has 0 aliphatic carbocycles. The van der Waals surface area contributed by atoms with Crippen LogP contribution in [0.15, 0.2) is 18.5 Å². The van der Waals surface area contributed by atoms with Gasteiger partial charge in [-0.2, -0.15) is 16.9 Å². The molecule has 0 spiro atoms. The first kappa shape index (κ1) is 12.0. The Morgan fingerprint density at radius 3 is 3.12 bits per heavy atom. The highest BCUT2D eigenvalue weighted by atomic mass is 32.2. The Bertz CT molecular complexity index is 308. The number of hydrogen-bond donors (Lipinski definition) is 1. The molecule has 1 N–H and O–H groups in total. The van der Waals surface area contributed by atoms with Gasteiger partial charge in [-0.05, 0) is 23.7 Å². The summed E-state index contributed by atoms with van der Waals surface area (Å²) in [5.41, 5.74) is 0.492. The standard InChI is InChI=1S/C12H21N3S/c1-12(2)8-11(9-16-10-12)13-5-7-15-6-3-4-14-15/h3-4,6,11,13H,5,7-10H2,1-2H3. The molecule has 0 aromatic carbocycles. The van der Waals surface area contributed by atoms with Crippen molar-refractivity contribution >= 4 is 11.8 Å². The molecular formula is C12H21N3S. The lowest BCUT2D eigenvalue weighted by Gasteiger charge is -2.35. The Balaban J connectivity index is 1.70. The maximum atomic E-state index is 4.20. The summed E-state index contributed by atoms with van der Waals surface area (Å²) < 4.78 is 1.98. The van der Waals surface area contributed by atoms with Crippen LogP contribution in [0.3, 0.4) is 0 Å². The molecule has 1 aromatic rings. The highest BCUT2D eigenvalue weighted by Gasteiger charge is 2.27. The predicted octanol–water partition coefficient (Wildman–Crippen LogP) is 2.00. The normalized spacial score (nSPS) is 24.5. The van der Waals surface area contributed by atoms with Crippen LogP contribution in [0, 0.1) is 5.41 Å². The largest absolute Gasteiger partial charge is 0.311 e. The second-order valence-corrected chi connectivity index (χ2v) is 6.33. The van der Waals surface area contributed by atoms with Crippen molar-refractivity contribution in [2.24, 2.45) is 5.41 Å². The molecular weight excluding hydrogens is 218 g/mol. The lowest BCUT2D eigenvalue weighted by Crippen LogP contribution is -2.41. The fourth-order valence-corrected chi connectivity index (χ4v) is 3.52. The number of thioether (sulfide) groups is 1. The van der Waals surface area contributed by atoms with Gasteiger partial charge in [0.25, 0.3) is 0 Å². The summed E-state index contributed by atoms with van der Waals surface area (Å²) in [4.78, 5) is 0. The topological polar surface area (TPSA) is 29.9 Å². The van der Waals surface area contributed by atoms with Gasteiger partial charge in [-0.25, -0.2) is 0 Å². The molecule has 2 heterocycles. The van der Waals surface area contributed by atoms with Crippen molar-refractivity contribution in [3.05, 3.63) is 18.5 Å². The van der Waals surface area contributed by atoms with Gasteiger partial charge in [0.2, 0.25) is 0 Å². The van der Waals surface area contributed by atoms with E-state index in [4.69, 9.17) is 0 Å². The van der Waals surface area contributed by atoms with Crippen molar-refractivity contribution in [3.63, 3.8) is 0 Å². The van der Waals surface area contributed by atoms with Crippen molar-refractivity contribution in [2.75, 3.05) is 18.1 Å². The summed E-state index contributed by atoms with van der Waals surface area (Å²) in [7, 11) is 0. The van der Waals surface area contributed by atoms with Crippen molar-refractivity contribution in [2.45, 2.75) is 32.9 Å². The molecule has 1 fully saturated rings. The van der Waals surface area contributed by atoms with Crippen LogP contribution in [0.5, 0.6) is 0 Å². The Morgan fingerprint density at radius 1 is 1.56 bits per heavy atom. The number of nitrogens with zero attached hydrogens (tertiary/aromatic N) is 2. The Morgan fingerprint density at radius 2 is 2.44 bits per heavy atom.